The molecule has 0 aromatic rings. The summed E-state index contributed by atoms with van der Waals surface area (Å²) in [6.45, 7) is 3.20. The molecule has 21 heavy (non-hydrogen) atoms. The molecule has 0 spiro atoms. The van der Waals surface area contributed by atoms with Crippen molar-refractivity contribution in [1.82, 2.24) is 10.0 Å². The van der Waals surface area contributed by atoms with Crippen LogP contribution in [0.5, 0.6) is 0 Å². The van der Waals surface area contributed by atoms with Gasteiger partial charge in [0.05, 0.1) is 11.9 Å². The van der Waals surface area contributed by atoms with Gasteiger partial charge in [0.15, 0.2) is 0 Å². The van der Waals surface area contributed by atoms with Crippen LogP contribution in [0.3, 0.4) is 0 Å². The minimum absolute atomic E-state index is 0.308. The first-order valence-electron chi connectivity index (χ1n) is 8.45. The van der Waals surface area contributed by atoms with Crippen molar-refractivity contribution in [3.63, 3.8) is 0 Å². The Labute approximate surface area is 129 Å². The van der Waals surface area contributed by atoms with Gasteiger partial charge in [0, 0.05) is 13.2 Å². The standard InChI is InChI=1S/C15H30N2O3S/c18-21(19,13-14-5-2-1-3-6-14)17-9-4-12-20-15-7-10-16-11-8-15/h14-17H,1-13H2. The average molecular weight is 318 g/mol. The van der Waals surface area contributed by atoms with E-state index in [1.54, 1.807) is 0 Å². The highest BCUT2D eigenvalue weighted by atomic mass is 32.2. The van der Waals surface area contributed by atoms with Crippen molar-refractivity contribution in [2.24, 2.45) is 5.92 Å². The SMILES string of the molecule is O=S(=O)(CC1CCCCC1)NCCCOC1CCNCC1. The van der Waals surface area contributed by atoms with E-state index in [9.17, 15) is 8.42 Å². The molecule has 0 bridgehead atoms. The van der Waals surface area contributed by atoms with E-state index in [0.29, 0.717) is 30.9 Å². The van der Waals surface area contributed by atoms with Gasteiger partial charge in [0.2, 0.25) is 10.0 Å². The van der Waals surface area contributed by atoms with Crippen LogP contribution in [0.25, 0.3) is 0 Å². The zero-order valence-corrected chi connectivity index (χ0v) is 13.8. The summed E-state index contributed by atoms with van der Waals surface area (Å²) >= 11 is 0. The Morgan fingerprint density at radius 1 is 1.05 bits per heavy atom. The lowest BCUT2D eigenvalue weighted by Crippen LogP contribution is -2.34. The van der Waals surface area contributed by atoms with Crippen molar-refractivity contribution in [2.75, 3.05) is 32.0 Å². The van der Waals surface area contributed by atoms with Crippen LogP contribution in [0.1, 0.15) is 51.4 Å². The van der Waals surface area contributed by atoms with E-state index in [-0.39, 0.29) is 0 Å². The zero-order valence-electron chi connectivity index (χ0n) is 13.0. The third-order valence-corrected chi connectivity index (χ3v) is 6.02. The highest BCUT2D eigenvalue weighted by Crippen LogP contribution is 2.24. The monoisotopic (exact) mass is 318 g/mol. The van der Waals surface area contributed by atoms with Gasteiger partial charge in [0.1, 0.15) is 0 Å². The fraction of sp³-hybridized carbons (Fsp3) is 1.00. The van der Waals surface area contributed by atoms with Crippen LogP contribution < -0.4 is 10.0 Å². The quantitative estimate of drug-likeness (QED) is 0.668. The molecule has 2 fully saturated rings. The summed E-state index contributed by atoms with van der Waals surface area (Å²) in [4.78, 5) is 0. The van der Waals surface area contributed by atoms with E-state index < -0.39 is 10.0 Å². The molecule has 0 aromatic heterocycles. The molecule has 2 N–H and O–H groups in total. The minimum atomic E-state index is -3.10. The molecule has 0 aromatic carbocycles. The van der Waals surface area contributed by atoms with Crippen molar-refractivity contribution < 1.29 is 13.2 Å². The van der Waals surface area contributed by atoms with Crippen molar-refractivity contribution in [3.8, 4) is 0 Å². The van der Waals surface area contributed by atoms with Crippen LogP contribution in [0, 0.1) is 5.92 Å². The van der Waals surface area contributed by atoms with Crippen LogP contribution >= 0.6 is 0 Å². The summed E-state index contributed by atoms with van der Waals surface area (Å²) < 4.78 is 32.5. The van der Waals surface area contributed by atoms with Crippen molar-refractivity contribution in [3.05, 3.63) is 0 Å². The molecule has 0 atom stereocenters. The molecule has 2 aliphatic rings. The number of hydrogen-bond acceptors (Lipinski definition) is 4. The molecule has 6 heteroatoms. The van der Waals surface area contributed by atoms with E-state index in [2.05, 4.69) is 10.0 Å². The van der Waals surface area contributed by atoms with Crippen molar-refractivity contribution in [1.29, 1.82) is 0 Å². The van der Waals surface area contributed by atoms with Gasteiger partial charge in [-0.2, -0.15) is 0 Å². The second-order valence-electron chi connectivity index (χ2n) is 6.35. The van der Waals surface area contributed by atoms with Gasteiger partial charge in [-0.3, -0.25) is 0 Å². The summed E-state index contributed by atoms with van der Waals surface area (Å²) in [5, 5.41) is 3.30. The van der Waals surface area contributed by atoms with Crippen LogP contribution in [0.2, 0.25) is 0 Å². The third kappa shape index (κ3) is 7.08. The van der Waals surface area contributed by atoms with Crippen molar-refractivity contribution >= 4 is 10.0 Å². The van der Waals surface area contributed by atoms with Gasteiger partial charge < -0.3 is 10.1 Å². The van der Waals surface area contributed by atoms with Crippen molar-refractivity contribution in [2.45, 2.75) is 57.5 Å². The highest BCUT2D eigenvalue weighted by Gasteiger charge is 2.20. The Kier molecular flexibility index (Phi) is 7.43. The van der Waals surface area contributed by atoms with Gasteiger partial charge in [0.25, 0.3) is 0 Å². The Balaban J connectivity index is 1.54. The lowest BCUT2D eigenvalue weighted by atomic mass is 9.91. The maximum Gasteiger partial charge on any atom is 0.211 e. The van der Waals surface area contributed by atoms with E-state index in [1.165, 1.54) is 19.3 Å². The maximum atomic E-state index is 12.0. The molecular weight excluding hydrogens is 288 g/mol. The average Bonchev–Trinajstić information content (AvgIpc) is 2.48. The molecule has 124 valence electrons. The number of rotatable bonds is 8. The van der Waals surface area contributed by atoms with Gasteiger partial charge in [-0.15, -0.1) is 0 Å². The highest BCUT2D eigenvalue weighted by molar-refractivity contribution is 7.89. The first-order valence-corrected chi connectivity index (χ1v) is 10.1. The normalized spacial score (nSPS) is 22.5. The topological polar surface area (TPSA) is 67.4 Å². The van der Waals surface area contributed by atoms with Gasteiger partial charge in [-0.25, -0.2) is 13.1 Å². The summed E-state index contributed by atoms with van der Waals surface area (Å²) in [5.41, 5.74) is 0. The smallest absolute Gasteiger partial charge is 0.211 e. The number of hydrogen-bond donors (Lipinski definition) is 2. The van der Waals surface area contributed by atoms with E-state index >= 15 is 0 Å². The van der Waals surface area contributed by atoms with Gasteiger partial charge in [-0.05, 0) is 51.1 Å². The zero-order chi connectivity index (χ0) is 15.0. The summed E-state index contributed by atoms with van der Waals surface area (Å²) in [5.74, 6) is 0.671. The second kappa shape index (κ2) is 9.08. The number of nitrogens with one attached hydrogen (secondary N) is 2. The molecule has 0 amide bonds. The molecule has 1 saturated carbocycles. The first-order chi connectivity index (χ1) is 10.2. The van der Waals surface area contributed by atoms with E-state index in [0.717, 1.165) is 45.2 Å². The maximum absolute atomic E-state index is 12.0. The molecule has 0 unspecified atom stereocenters. The Morgan fingerprint density at radius 2 is 1.76 bits per heavy atom. The molecule has 5 nitrogen and oxygen atoms in total. The van der Waals surface area contributed by atoms with Crippen LogP contribution in [0.15, 0.2) is 0 Å². The Hall–Kier alpha value is -0.170. The predicted octanol–water partition coefficient (Wildman–Crippen LogP) is 1.64. The summed E-state index contributed by atoms with van der Waals surface area (Å²) in [6, 6.07) is 0. The molecule has 0 radical (unpaired) electrons. The molecule has 1 heterocycles. The fourth-order valence-electron chi connectivity index (χ4n) is 3.23. The predicted molar refractivity (Wildman–Crippen MR) is 84.8 cm³/mol. The number of ether oxygens (including phenoxy) is 1. The molecule has 1 aliphatic heterocycles. The Bertz CT molecular complexity index is 374. The minimum Gasteiger partial charge on any atom is -0.378 e. The number of piperidine rings is 1. The molecular formula is C15H30N2O3S. The molecule has 1 aliphatic carbocycles. The van der Waals surface area contributed by atoms with Gasteiger partial charge in [-0.1, -0.05) is 19.3 Å². The fourth-order valence-corrected chi connectivity index (χ4v) is 4.76. The Morgan fingerprint density at radius 3 is 2.48 bits per heavy atom. The van der Waals surface area contributed by atoms with Crippen LogP contribution in [-0.2, 0) is 14.8 Å². The third-order valence-electron chi connectivity index (χ3n) is 4.46. The van der Waals surface area contributed by atoms with E-state index in [1.807, 2.05) is 0 Å². The summed E-state index contributed by atoms with van der Waals surface area (Å²) in [7, 11) is -3.10. The number of sulfonamides is 1. The van der Waals surface area contributed by atoms with E-state index in [4.69, 9.17) is 4.74 Å². The lowest BCUT2D eigenvalue weighted by molar-refractivity contribution is 0.0322. The lowest BCUT2D eigenvalue weighted by Gasteiger charge is -2.23. The molecule has 2 rings (SSSR count). The first kappa shape index (κ1) is 17.2. The second-order valence-corrected chi connectivity index (χ2v) is 8.20. The largest absolute Gasteiger partial charge is 0.378 e. The molecule has 1 saturated heterocycles. The summed E-state index contributed by atoms with van der Waals surface area (Å²) in [6.07, 6.45) is 9.01. The van der Waals surface area contributed by atoms with Crippen LogP contribution in [0.4, 0.5) is 0 Å². The van der Waals surface area contributed by atoms with Gasteiger partial charge >= 0.3 is 0 Å². The van der Waals surface area contributed by atoms with Crippen LogP contribution in [-0.4, -0.2) is 46.5 Å².